The van der Waals surface area contributed by atoms with E-state index in [4.69, 9.17) is 12.2 Å². The zero-order chi connectivity index (χ0) is 13.7. The van der Waals surface area contributed by atoms with E-state index in [-0.39, 0.29) is 22.5 Å². The monoisotopic (exact) mass is 267 g/mol. The molecule has 2 bridgehead atoms. The third kappa shape index (κ3) is 1.60. The van der Waals surface area contributed by atoms with Crippen molar-refractivity contribution in [2.24, 2.45) is 21.8 Å². The van der Waals surface area contributed by atoms with Crippen molar-refractivity contribution in [3.05, 3.63) is 0 Å². The first-order chi connectivity index (χ1) is 8.22. The SMILES string of the molecule is CN(C)C(=S)N/N=C1/C(=O)[C@]2(C)CC[C@@H]1C2(C)C. The molecule has 18 heavy (non-hydrogen) atoms. The van der Waals surface area contributed by atoms with Crippen LogP contribution < -0.4 is 5.43 Å². The standard InChI is InChI=1S/C13H21N3OS/c1-12(2)8-6-7-13(12,3)10(17)9(8)14-15-11(18)16(4)5/h8H,6-7H2,1-5H3,(H,15,18)/b14-9+/t8-,13-/m0/s1. The molecule has 100 valence electrons. The van der Waals surface area contributed by atoms with Gasteiger partial charge in [-0.3, -0.25) is 10.2 Å². The van der Waals surface area contributed by atoms with Crippen LogP contribution in [-0.2, 0) is 4.79 Å². The van der Waals surface area contributed by atoms with Crippen molar-refractivity contribution in [1.82, 2.24) is 10.3 Å². The Hall–Kier alpha value is -0.970. The van der Waals surface area contributed by atoms with Crippen LogP contribution in [0, 0.1) is 16.7 Å². The van der Waals surface area contributed by atoms with Crippen molar-refractivity contribution in [3.8, 4) is 0 Å². The molecule has 0 saturated heterocycles. The summed E-state index contributed by atoms with van der Waals surface area (Å²) in [6.45, 7) is 6.42. The smallest absolute Gasteiger partial charge is 0.189 e. The summed E-state index contributed by atoms with van der Waals surface area (Å²) in [5, 5.41) is 4.81. The topological polar surface area (TPSA) is 44.7 Å². The van der Waals surface area contributed by atoms with E-state index in [1.807, 2.05) is 14.1 Å². The molecule has 2 rings (SSSR count). The fourth-order valence-electron chi connectivity index (χ4n) is 3.16. The lowest BCUT2D eigenvalue weighted by molar-refractivity contribution is -0.123. The Morgan fingerprint density at radius 2 is 2.06 bits per heavy atom. The van der Waals surface area contributed by atoms with Crippen LogP contribution in [0.15, 0.2) is 5.10 Å². The summed E-state index contributed by atoms with van der Waals surface area (Å²) >= 11 is 5.12. The molecule has 1 N–H and O–H groups in total. The van der Waals surface area contributed by atoms with Crippen molar-refractivity contribution in [2.75, 3.05) is 14.1 Å². The quantitative estimate of drug-likeness (QED) is 0.581. The van der Waals surface area contributed by atoms with Crippen LogP contribution in [0.2, 0.25) is 0 Å². The molecule has 0 aromatic rings. The van der Waals surface area contributed by atoms with Gasteiger partial charge >= 0.3 is 0 Å². The summed E-state index contributed by atoms with van der Waals surface area (Å²) in [5.41, 5.74) is 3.25. The van der Waals surface area contributed by atoms with E-state index in [0.717, 1.165) is 12.8 Å². The number of rotatable bonds is 1. The van der Waals surface area contributed by atoms with Gasteiger partial charge in [0.15, 0.2) is 10.9 Å². The average Bonchev–Trinajstić information content (AvgIpc) is 2.58. The van der Waals surface area contributed by atoms with E-state index in [0.29, 0.717) is 10.8 Å². The molecule has 2 saturated carbocycles. The number of hydrogen-bond acceptors (Lipinski definition) is 3. The van der Waals surface area contributed by atoms with Crippen molar-refractivity contribution >= 4 is 28.8 Å². The number of fused-ring (bicyclic) bond motifs is 2. The Kier molecular flexibility index (Phi) is 3.00. The summed E-state index contributed by atoms with van der Waals surface area (Å²) in [6.07, 6.45) is 2.02. The van der Waals surface area contributed by atoms with Crippen molar-refractivity contribution in [3.63, 3.8) is 0 Å². The lowest BCUT2D eigenvalue weighted by atomic mass is 9.70. The Bertz CT molecular complexity index is 442. The molecule has 2 aliphatic carbocycles. The third-order valence-corrected chi connectivity index (χ3v) is 5.42. The summed E-state index contributed by atoms with van der Waals surface area (Å²) in [6, 6.07) is 0. The Labute approximate surface area is 114 Å². The molecule has 4 nitrogen and oxygen atoms in total. The van der Waals surface area contributed by atoms with Crippen LogP contribution in [0.5, 0.6) is 0 Å². The molecule has 2 aliphatic rings. The molecule has 0 aromatic heterocycles. The van der Waals surface area contributed by atoms with E-state index >= 15 is 0 Å². The molecule has 2 fully saturated rings. The Morgan fingerprint density at radius 1 is 1.44 bits per heavy atom. The molecular formula is C13H21N3OS. The van der Waals surface area contributed by atoms with Gasteiger partial charge in [0.05, 0.1) is 0 Å². The van der Waals surface area contributed by atoms with Gasteiger partial charge in [-0.2, -0.15) is 5.10 Å². The Balaban J connectivity index is 2.25. The van der Waals surface area contributed by atoms with Crippen molar-refractivity contribution in [2.45, 2.75) is 33.6 Å². The van der Waals surface area contributed by atoms with Gasteiger partial charge in [-0.1, -0.05) is 20.8 Å². The first kappa shape index (κ1) is 13.5. The molecule has 0 aromatic carbocycles. The van der Waals surface area contributed by atoms with Crippen LogP contribution in [-0.4, -0.2) is 35.6 Å². The predicted molar refractivity (Wildman–Crippen MR) is 76.5 cm³/mol. The van der Waals surface area contributed by atoms with E-state index in [9.17, 15) is 4.79 Å². The number of nitrogens with one attached hydrogen (secondary N) is 1. The highest BCUT2D eigenvalue weighted by molar-refractivity contribution is 7.80. The van der Waals surface area contributed by atoms with Gasteiger partial charge in [-0.25, -0.2) is 0 Å². The Morgan fingerprint density at radius 3 is 2.50 bits per heavy atom. The zero-order valence-electron chi connectivity index (χ0n) is 11.7. The molecule has 0 amide bonds. The molecule has 5 heteroatoms. The maximum absolute atomic E-state index is 12.5. The number of thiocarbonyl (C=S) groups is 1. The van der Waals surface area contributed by atoms with Gasteiger partial charge in [0.2, 0.25) is 0 Å². The minimum absolute atomic E-state index is 0.00430. The fraction of sp³-hybridized carbons (Fsp3) is 0.769. The second kappa shape index (κ2) is 4.02. The first-order valence-corrected chi connectivity index (χ1v) is 6.72. The second-order valence-electron chi connectivity index (χ2n) is 6.28. The second-order valence-corrected chi connectivity index (χ2v) is 6.67. The van der Waals surface area contributed by atoms with Gasteiger partial charge in [0, 0.05) is 25.4 Å². The number of nitrogens with zero attached hydrogens (tertiary/aromatic N) is 2. The molecule has 0 spiro atoms. The summed E-state index contributed by atoms with van der Waals surface area (Å²) in [5.74, 6) is 0.449. The van der Waals surface area contributed by atoms with E-state index in [2.05, 4.69) is 31.3 Å². The normalized spacial score (nSPS) is 35.1. The number of Topliss-reactive ketones (excluding diaryl/α,β-unsaturated/α-hetero) is 1. The average molecular weight is 267 g/mol. The number of carbonyl (C=O) groups is 1. The summed E-state index contributed by atoms with van der Waals surface area (Å²) in [7, 11) is 3.70. The molecule has 2 atom stereocenters. The fourth-order valence-corrected chi connectivity index (χ4v) is 3.21. The van der Waals surface area contributed by atoms with Crippen LogP contribution in [0.3, 0.4) is 0 Å². The molecule has 0 heterocycles. The maximum Gasteiger partial charge on any atom is 0.189 e. The molecular weight excluding hydrogens is 246 g/mol. The number of carbonyl (C=O) groups excluding carboxylic acids is 1. The molecule has 0 radical (unpaired) electrons. The number of hydrogen-bond donors (Lipinski definition) is 1. The van der Waals surface area contributed by atoms with Crippen LogP contribution in [0.4, 0.5) is 0 Å². The highest BCUT2D eigenvalue weighted by Crippen LogP contribution is 2.62. The maximum atomic E-state index is 12.5. The van der Waals surface area contributed by atoms with Gasteiger partial charge in [0.25, 0.3) is 0 Å². The minimum Gasteiger partial charge on any atom is -0.354 e. The molecule has 0 aliphatic heterocycles. The highest BCUT2D eigenvalue weighted by Gasteiger charge is 2.65. The third-order valence-electron chi connectivity index (χ3n) is 4.97. The number of hydrazone groups is 1. The van der Waals surface area contributed by atoms with Crippen LogP contribution in [0.25, 0.3) is 0 Å². The molecule has 0 unspecified atom stereocenters. The van der Waals surface area contributed by atoms with Gasteiger partial charge < -0.3 is 4.90 Å². The van der Waals surface area contributed by atoms with Gasteiger partial charge in [-0.05, 0) is 30.5 Å². The zero-order valence-corrected chi connectivity index (χ0v) is 12.5. The van der Waals surface area contributed by atoms with Crippen molar-refractivity contribution < 1.29 is 4.79 Å². The van der Waals surface area contributed by atoms with Crippen LogP contribution in [0.1, 0.15) is 33.6 Å². The predicted octanol–water partition coefficient (Wildman–Crippen LogP) is 1.80. The minimum atomic E-state index is -0.252. The van der Waals surface area contributed by atoms with E-state index < -0.39 is 0 Å². The lowest BCUT2D eigenvalue weighted by Crippen LogP contribution is -2.35. The van der Waals surface area contributed by atoms with Crippen molar-refractivity contribution in [1.29, 1.82) is 0 Å². The highest BCUT2D eigenvalue weighted by atomic mass is 32.1. The largest absolute Gasteiger partial charge is 0.354 e. The number of ketones is 1. The van der Waals surface area contributed by atoms with Gasteiger partial charge in [0.1, 0.15) is 5.71 Å². The van der Waals surface area contributed by atoms with E-state index in [1.165, 1.54) is 0 Å². The summed E-state index contributed by atoms with van der Waals surface area (Å²) in [4.78, 5) is 14.2. The van der Waals surface area contributed by atoms with E-state index in [1.54, 1.807) is 4.90 Å². The summed E-state index contributed by atoms with van der Waals surface area (Å²) < 4.78 is 0. The van der Waals surface area contributed by atoms with Crippen LogP contribution >= 0.6 is 12.2 Å². The van der Waals surface area contributed by atoms with Gasteiger partial charge in [-0.15, -0.1) is 0 Å². The first-order valence-electron chi connectivity index (χ1n) is 6.31. The lowest BCUT2D eigenvalue weighted by Gasteiger charge is -2.31.